The topological polar surface area (TPSA) is 75.9 Å². The van der Waals surface area contributed by atoms with Crippen molar-refractivity contribution in [2.24, 2.45) is 0 Å². The number of likely N-dealkylation sites (N-methyl/N-ethyl adjacent to an activating group) is 1. The lowest BCUT2D eigenvalue weighted by atomic mass is 10.1. The molecule has 1 heterocycles. The van der Waals surface area contributed by atoms with Crippen LogP contribution in [0.15, 0.2) is 78.5 Å². The summed E-state index contributed by atoms with van der Waals surface area (Å²) in [6, 6.07) is 20.6. The summed E-state index contributed by atoms with van der Waals surface area (Å²) in [7, 11) is 1.75. The predicted octanol–water partition coefficient (Wildman–Crippen LogP) is 5.43. The Kier molecular flexibility index (Phi) is 6.39. The van der Waals surface area contributed by atoms with Gasteiger partial charge in [-0.25, -0.2) is 0 Å². The van der Waals surface area contributed by atoms with Crippen molar-refractivity contribution in [1.29, 1.82) is 0 Å². The summed E-state index contributed by atoms with van der Waals surface area (Å²) >= 11 is 11.9. The Morgan fingerprint density at radius 2 is 1.79 bits per heavy atom. The summed E-state index contributed by atoms with van der Waals surface area (Å²) in [6.07, 6.45) is 1.73. The van der Waals surface area contributed by atoms with Crippen LogP contribution in [0.2, 0.25) is 5.02 Å². The van der Waals surface area contributed by atoms with Crippen LogP contribution in [0.5, 0.6) is 5.75 Å². The second-order valence-corrected chi connectivity index (χ2v) is 8.02. The van der Waals surface area contributed by atoms with Crippen LogP contribution in [-0.2, 0) is 11.4 Å². The number of hydrogen-bond donors (Lipinski definition) is 0. The van der Waals surface area contributed by atoms with Gasteiger partial charge < -0.3 is 9.64 Å². The maximum absolute atomic E-state index is 13.0. The molecule has 0 atom stereocenters. The van der Waals surface area contributed by atoms with Gasteiger partial charge in [0.05, 0.1) is 15.6 Å². The molecular weight excluding hydrogens is 462 g/mol. The lowest BCUT2D eigenvalue weighted by Crippen LogP contribution is -2.30. The first-order chi connectivity index (χ1) is 15.8. The van der Waals surface area contributed by atoms with Gasteiger partial charge in [0.25, 0.3) is 11.6 Å². The summed E-state index contributed by atoms with van der Waals surface area (Å²) in [5.41, 5.74) is 2.65. The molecule has 1 saturated heterocycles. The van der Waals surface area contributed by atoms with Crippen molar-refractivity contribution in [3.8, 4) is 5.75 Å². The molecular formula is C24H18ClN3O4S. The molecule has 166 valence electrons. The Hall–Kier alpha value is -3.75. The van der Waals surface area contributed by atoms with Gasteiger partial charge in [-0.2, -0.15) is 0 Å². The number of nitro groups is 1. The van der Waals surface area contributed by atoms with Crippen molar-refractivity contribution in [3.63, 3.8) is 0 Å². The average molecular weight is 480 g/mol. The lowest BCUT2D eigenvalue weighted by molar-refractivity contribution is -0.384. The zero-order chi connectivity index (χ0) is 23.5. The third-order valence-corrected chi connectivity index (χ3v) is 5.83. The maximum atomic E-state index is 13.0. The number of hydrogen-bond acceptors (Lipinski definition) is 5. The number of para-hydroxylation sites is 1. The normalized spacial score (nSPS) is 14.8. The monoisotopic (exact) mass is 479 g/mol. The fraction of sp³-hybridized carbons (Fsp3) is 0.0833. The number of anilines is 1. The van der Waals surface area contributed by atoms with E-state index in [2.05, 4.69) is 0 Å². The summed E-state index contributed by atoms with van der Waals surface area (Å²) in [6.45, 7) is 0.208. The maximum Gasteiger partial charge on any atom is 0.281 e. The van der Waals surface area contributed by atoms with E-state index in [0.29, 0.717) is 27.3 Å². The van der Waals surface area contributed by atoms with Crippen molar-refractivity contribution in [2.75, 3.05) is 11.9 Å². The Bertz CT molecular complexity index is 1260. The number of nitro benzene ring substituents is 1. The number of benzene rings is 3. The van der Waals surface area contributed by atoms with Crippen molar-refractivity contribution in [2.45, 2.75) is 6.61 Å². The minimum absolute atomic E-state index is 0.0194. The zero-order valence-corrected chi connectivity index (χ0v) is 19.0. The molecule has 7 nitrogen and oxygen atoms in total. The van der Waals surface area contributed by atoms with E-state index < -0.39 is 4.92 Å². The Morgan fingerprint density at radius 1 is 1.09 bits per heavy atom. The molecule has 3 aromatic rings. The Balaban J connectivity index is 1.50. The highest BCUT2D eigenvalue weighted by Gasteiger charge is 2.36. The van der Waals surface area contributed by atoms with Crippen LogP contribution in [0.4, 0.5) is 11.4 Å². The van der Waals surface area contributed by atoms with Gasteiger partial charge in [0.1, 0.15) is 18.1 Å². The molecule has 3 aromatic carbocycles. The molecule has 1 amide bonds. The van der Waals surface area contributed by atoms with E-state index in [-0.39, 0.29) is 18.2 Å². The Labute approximate surface area is 200 Å². The molecule has 0 N–H and O–H groups in total. The first-order valence-corrected chi connectivity index (χ1v) is 10.7. The molecule has 33 heavy (non-hydrogen) atoms. The molecule has 1 fully saturated rings. The quantitative estimate of drug-likeness (QED) is 0.203. The molecule has 9 heteroatoms. The van der Waals surface area contributed by atoms with E-state index in [1.54, 1.807) is 48.4 Å². The molecule has 0 spiro atoms. The van der Waals surface area contributed by atoms with Crippen LogP contribution >= 0.6 is 23.8 Å². The van der Waals surface area contributed by atoms with Gasteiger partial charge >= 0.3 is 0 Å². The summed E-state index contributed by atoms with van der Waals surface area (Å²) in [5, 5.41) is 11.5. The minimum Gasteiger partial charge on any atom is -0.487 e. The number of non-ortho nitro benzene ring substituents is 1. The van der Waals surface area contributed by atoms with Crippen molar-refractivity contribution >= 4 is 52.3 Å². The highest BCUT2D eigenvalue weighted by molar-refractivity contribution is 7.80. The summed E-state index contributed by atoms with van der Waals surface area (Å²) < 4.78 is 5.75. The molecule has 0 radical (unpaired) electrons. The number of halogens is 1. The van der Waals surface area contributed by atoms with E-state index in [1.807, 2.05) is 30.3 Å². The SMILES string of the molecule is CN1C(=S)N(c2ccccc2)C(=O)C1=Cc1ccc(OCc2ccc([N+](=O)[O-])cc2)c(Cl)c1. The van der Waals surface area contributed by atoms with Crippen LogP contribution in [0.1, 0.15) is 11.1 Å². The van der Waals surface area contributed by atoms with E-state index in [1.165, 1.54) is 17.0 Å². The third kappa shape index (κ3) is 4.72. The van der Waals surface area contributed by atoms with Crippen molar-refractivity contribution in [1.82, 2.24) is 4.90 Å². The molecule has 1 aliphatic heterocycles. The number of carbonyl (C=O) groups is 1. The number of amides is 1. The number of carbonyl (C=O) groups excluding carboxylic acids is 1. The first-order valence-electron chi connectivity index (χ1n) is 9.90. The van der Waals surface area contributed by atoms with Crippen LogP contribution in [0.3, 0.4) is 0 Å². The summed E-state index contributed by atoms with van der Waals surface area (Å²) in [4.78, 5) is 26.5. The van der Waals surface area contributed by atoms with Crippen molar-refractivity contribution in [3.05, 3.63) is 105 Å². The number of ether oxygens (including phenoxy) is 1. The molecule has 4 rings (SSSR count). The first kappa shape index (κ1) is 22.4. The van der Waals surface area contributed by atoms with Gasteiger partial charge in [0.2, 0.25) is 0 Å². The zero-order valence-electron chi connectivity index (χ0n) is 17.5. The third-order valence-electron chi connectivity index (χ3n) is 5.08. The Morgan fingerprint density at radius 3 is 2.42 bits per heavy atom. The standard InChI is InChI=1S/C24H18ClN3O4S/c1-26-21(23(29)27(24(26)33)18-5-3-2-4-6-18)14-17-9-12-22(20(25)13-17)32-15-16-7-10-19(11-8-16)28(30)31/h2-14H,15H2,1H3. The van der Waals surface area contributed by atoms with Gasteiger partial charge in [0.15, 0.2) is 5.11 Å². The molecule has 0 aliphatic carbocycles. The largest absolute Gasteiger partial charge is 0.487 e. The van der Waals surface area contributed by atoms with E-state index in [0.717, 1.165) is 11.1 Å². The molecule has 0 saturated carbocycles. The van der Waals surface area contributed by atoms with Crippen molar-refractivity contribution < 1.29 is 14.5 Å². The average Bonchev–Trinajstić information content (AvgIpc) is 3.02. The van der Waals surface area contributed by atoms with Crippen LogP contribution in [0.25, 0.3) is 6.08 Å². The molecule has 0 aromatic heterocycles. The van der Waals surface area contributed by atoms with Crippen LogP contribution < -0.4 is 9.64 Å². The van der Waals surface area contributed by atoms with Gasteiger partial charge in [-0.3, -0.25) is 19.8 Å². The van der Waals surface area contributed by atoms with E-state index in [9.17, 15) is 14.9 Å². The summed E-state index contributed by atoms with van der Waals surface area (Å²) in [5.74, 6) is 0.244. The second-order valence-electron chi connectivity index (χ2n) is 7.25. The highest BCUT2D eigenvalue weighted by atomic mass is 35.5. The fourth-order valence-electron chi connectivity index (χ4n) is 3.32. The van der Waals surface area contributed by atoms with Crippen LogP contribution in [0, 0.1) is 10.1 Å². The van der Waals surface area contributed by atoms with Gasteiger partial charge in [-0.15, -0.1) is 0 Å². The number of rotatable bonds is 6. The van der Waals surface area contributed by atoms with Gasteiger partial charge in [0, 0.05) is 19.2 Å². The second kappa shape index (κ2) is 9.40. The van der Waals surface area contributed by atoms with Crippen LogP contribution in [-0.4, -0.2) is 27.9 Å². The molecule has 0 unspecified atom stereocenters. The fourth-order valence-corrected chi connectivity index (χ4v) is 3.85. The predicted molar refractivity (Wildman–Crippen MR) is 131 cm³/mol. The molecule has 1 aliphatic rings. The van der Waals surface area contributed by atoms with E-state index in [4.69, 9.17) is 28.6 Å². The number of thiocarbonyl (C=S) groups is 1. The minimum atomic E-state index is -0.451. The highest BCUT2D eigenvalue weighted by Crippen LogP contribution is 2.31. The lowest BCUT2D eigenvalue weighted by Gasteiger charge is -2.16. The number of nitrogens with zero attached hydrogens (tertiary/aromatic N) is 3. The van der Waals surface area contributed by atoms with E-state index >= 15 is 0 Å². The molecule has 0 bridgehead atoms. The smallest absolute Gasteiger partial charge is 0.281 e. The van der Waals surface area contributed by atoms with Gasteiger partial charge in [-0.05, 0) is 65.8 Å². The van der Waals surface area contributed by atoms with Gasteiger partial charge in [-0.1, -0.05) is 35.9 Å².